The SMILES string of the molecule is CC(=O)NC1=CC(=O)c2[nH]c(=O)[nH]c(=O)c2C1=O. The molecule has 0 saturated heterocycles. The molecule has 0 atom stereocenters. The van der Waals surface area contributed by atoms with Crippen molar-refractivity contribution in [1.29, 1.82) is 0 Å². The molecule has 0 aliphatic heterocycles. The Balaban J connectivity index is 2.66. The lowest BCUT2D eigenvalue weighted by Gasteiger charge is -2.13. The highest BCUT2D eigenvalue weighted by Gasteiger charge is 2.30. The fourth-order valence-electron chi connectivity index (χ4n) is 1.57. The number of aromatic nitrogens is 2. The van der Waals surface area contributed by atoms with Gasteiger partial charge in [-0.05, 0) is 0 Å². The van der Waals surface area contributed by atoms with Crippen LogP contribution in [0.1, 0.15) is 27.8 Å². The van der Waals surface area contributed by atoms with E-state index in [0.717, 1.165) is 13.0 Å². The molecule has 0 aromatic carbocycles. The van der Waals surface area contributed by atoms with Crippen molar-refractivity contribution in [1.82, 2.24) is 15.3 Å². The summed E-state index contributed by atoms with van der Waals surface area (Å²) in [6.45, 7) is 1.16. The van der Waals surface area contributed by atoms with Crippen molar-refractivity contribution in [2.75, 3.05) is 0 Å². The molecule has 8 heteroatoms. The third kappa shape index (κ3) is 1.79. The van der Waals surface area contributed by atoms with Gasteiger partial charge in [-0.25, -0.2) is 4.79 Å². The molecule has 0 unspecified atom stereocenters. The summed E-state index contributed by atoms with van der Waals surface area (Å²) in [7, 11) is 0. The summed E-state index contributed by atoms with van der Waals surface area (Å²) in [4.78, 5) is 60.8. The first-order valence-electron chi connectivity index (χ1n) is 4.85. The maximum Gasteiger partial charge on any atom is 0.326 e. The minimum absolute atomic E-state index is 0.294. The van der Waals surface area contributed by atoms with Crippen molar-refractivity contribution >= 4 is 17.5 Å². The van der Waals surface area contributed by atoms with Crippen LogP contribution in [0.4, 0.5) is 0 Å². The van der Waals surface area contributed by atoms with Gasteiger partial charge in [0.1, 0.15) is 11.3 Å². The van der Waals surface area contributed by atoms with Crippen LogP contribution in [0.3, 0.4) is 0 Å². The second kappa shape index (κ2) is 3.91. The first-order valence-corrected chi connectivity index (χ1v) is 4.85. The first-order chi connectivity index (χ1) is 8.40. The van der Waals surface area contributed by atoms with Crippen LogP contribution in [0, 0.1) is 0 Å². The molecule has 0 radical (unpaired) electrons. The Morgan fingerprint density at radius 2 is 1.83 bits per heavy atom. The molecule has 1 heterocycles. The van der Waals surface area contributed by atoms with Crippen molar-refractivity contribution in [2.45, 2.75) is 6.92 Å². The molecule has 0 spiro atoms. The van der Waals surface area contributed by atoms with E-state index in [1.165, 1.54) is 0 Å². The van der Waals surface area contributed by atoms with Gasteiger partial charge in [0.2, 0.25) is 17.5 Å². The molecule has 1 aromatic heterocycles. The van der Waals surface area contributed by atoms with Crippen LogP contribution < -0.4 is 16.6 Å². The zero-order valence-electron chi connectivity index (χ0n) is 9.12. The summed E-state index contributed by atoms with van der Waals surface area (Å²) < 4.78 is 0. The average Bonchev–Trinajstić information content (AvgIpc) is 2.24. The zero-order valence-corrected chi connectivity index (χ0v) is 9.12. The molecular formula is C10H7N3O5. The summed E-state index contributed by atoms with van der Waals surface area (Å²) in [5.74, 6) is -2.10. The number of carbonyl (C=O) groups excluding carboxylic acids is 3. The minimum atomic E-state index is -0.969. The Labute approximate surface area is 98.7 Å². The molecule has 18 heavy (non-hydrogen) atoms. The van der Waals surface area contributed by atoms with Gasteiger partial charge in [0.05, 0.1) is 5.70 Å². The maximum atomic E-state index is 11.9. The van der Waals surface area contributed by atoms with Gasteiger partial charge in [-0.15, -0.1) is 0 Å². The number of hydrogen-bond acceptors (Lipinski definition) is 5. The number of carbonyl (C=O) groups is 3. The van der Waals surface area contributed by atoms with E-state index in [1.807, 2.05) is 4.98 Å². The predicted octanol–water partition coefficient (Wildman–Crippen LogP) is -1.54. The number of rotatable bonds is 1. The number of fused-ring (bicyclic) bond motifs is 1. The molecule has 92 valence electrons. The third-order valence-electron chi connectivity index (χ3n) is 2.25. The van der Waals surface area contributed by atoms with Crippen molar-refractivity contribution in [3.05, 3.63) is 43.9 Å². The molecule has 1 amide bonds. The van der Waals surface area contributed by atoms with Gasteiger partial charge < -0.3 is 10.3 Å². The number of aromatic amines is 2. The molecular weight excluding hydrogens is 242 g/mol. The third-order valence-corrected chi connectivity index (χ3v) is 2.25. The van der Waals surface area contributed by atoms with Crippen LogP contribution in [-0.4, -0.2) is 27.4 Å². The summed E-state index contributed by atoms with van der Waals surface area (Å²) >= 11 is 0. The Morgan fingerprint density at radius 1 is 1.17 bits per heavy atom. The summed E-state index contributed by atoms with van der Waals surface area (Å²) in [5.41, 5.74) is -2.99. The normalized spacial score (nSPS) is 13.9. The van der Waals surface area contributed by atoms with E-state index in [1.54, 1.807) is 0 Å². The van der Waals surface area contributed by atoms with Gasteiger partial charge in [-0.1, -0.05) is 0 Å². The monoisotopic (exact) mass is 249 g/mol. The van der Waals surface area contributed by atoms with E-state index < -0.39 is 34.3 Å². The van der Waals surface area contributed by atoms with Gasteiger partial charge in [0.15, 0.2) is 0 Å². The van der Waals surface area contributed by atoms with E-state index in [9.17, 15) is 24.0 Å². The smallest absolute Gasteiger partial charge is 0.323 e. The minimum Gasteiger partial charge on any atom is -0.323 e. The van der Waals surface area contributed by atoms with Crippen LogP contribution in [0.5, 0.6) is 0 Å². The summed E-state index contributed by atoms with van der Waals surface area (Å²) in [6.07, 6.45) is 0.863. The molecule has 2 rings (SSSR count). The number of hydrogen-bond donors (Lipinski definition) is 3. The molecule has 0 saturated carbocycles. The number of ketones is 2. The van der Waals surface area contributed by atoms with Crippen LogP contribution in [0.2, 0.25) is 0 Å². The lowest BCUT2D eigenvalue weighted by molar-refractivity contribution is -0.118. The topological polar surface area (TPSA) is 129 Å². The van der Waals surface area contributed by atoms with Crippen LogP contribution in [0.25, 0.3) is 0 Å². The van der Waals surface area contributed by atoms with Gasteiger partial charge in [0.25, 0.3) is 5.56 Å². The van der Waals surface area contributed by atoms with Gasteiger partial charge in [0, 0.05) is 13.0 Å². The van der Waals surface area contributed by atoms with E-state index in [-0.39, 0.29) is 11.4 Å². The van der Waals surface area contributed by atoms with Crippen molar-refractivity contribution in [3.63, 3.8) is 0 Å². The molecule has 1 aliphatic carbocycles. The van der Waals surface area contributed by atoms with Crippen LogP contribution in [-0.2, 0) is 4.79 Å². The van der Waals surface area contributed by atoms with Crippen LogP contribution >= 0.6 is 0 Å². The fourth-order valence-corrected chi connectivity index (χ4v) is 1.57. The molecule has 3 N–H and O–H groups in total. The quantitative estimate of drug-likeness (QED) is 0.555. The zero-order chi connectivity index (χ0) is 13.4. The van der Waals surface area contributed by atoms with E-state index in [0.29, 0.717) is 0 Å². The summed E-state index contributed by atoms with van der Waals surface area (Å²) in [5, 5.41) is 2.15. The second-order valence-electron chi connectivity index (χ2n) is 3.59. The Bertz CT molecular complexity index is 722. The van der Waals surface area contributed by atoms with Crippen molar-refractivity contribution < 1.29 is 14.4 Å². The van der Waals surface area contributed by atoms with Gasteiger partial charge in [-0.3, -0.25) is 24.2 Å². The van der Waals surface area contributed by atoms with Crippen molar-refractivity contribution in [3.8, 4) is 0 Å². The largest absolute Gasteiger partial charge is 0.326 e. The molecule has 1 aliphatic rings. The Hall–Kier alpha value is -2.77. The lowest BCUT2D eigenvalue weighted by Crippen LogP contribution is -2.38. The summed E-state index contributed by atoms with van der Waals surface area (Å²) in [6, 6.07) is 0. The molecule has 0 fully saturated rings. The van der Waals surface area contributed by atoms with Gasteiger partial charge >= 0.3 is 5.69 Å². The van der Waals surface area contributed by atoms with Crippen molar-refractivity contribution in [2.24, 2.45) is 0 Å². The average molecular weight is 249 g/mol. The predicted molar refractivity (Wildman–Crippen MR) is 58.2 cm³/mol. The number of Topliss-reactive ketones (excluding diaryl/α,β-unsaturated/α-hetero) is 1. The number of amides is 1. The fraction of sp³-hybridized carbons (Fsp3) is 0.100. The van der Waals surface area contributed by atoms with Crippen LogP contribution in [0.15, 0.2) is 21.4 Å². The second-order valence-corrected chi connectivity index (χ2v) is 3.59. The highest BCUT2D eigenvalue weighted by molar-refractivity contribution is 6.24. The van der Waals surface area contributed by atoms with E-state index in [2.05, 4.69) is 10.3 Å². The van der Waals surface area contributed by atoms with Gasteiger partial charge in [-0.2, -0.15) is 0 Å². The number of H-pyrrole nitrogens is 2. The number of allylic oxidation sites excluding steroid dienone is 2. The molecule has 0 bridgehead atoms. The number of nitrogens with one attached hydrogen (secondary N) is 3. The Morgan fingerprint density at radius 3 is 2.44 bits per heavy atom. The van der Waals surface area contributed by atoms with E-state index in [4.69, 9.17) is 0 Å². The molecule has 8 nitrogen and oxygen atoms in total. The first kappa shape index (κ1) is 11.7. The maximum absolute atomic E-state index is 11.9. The molecule has 1 aromatic rings. The Kier molecular flexibility index (Phi) is 2.55. The standard InChI is InChI=1S/C10H7N3O5/c1-3(14)11-4-2-5(15)7-6(8(4)16)9(17)13-10(18)12-7/h2H,1H3,(H,11,14)(H2,12,13,17,18). The highest BCUT2D eigenvalue weighted by Crippen LogP contribution is 2.13. The lowest BCUT2D eigenvalue weighted by atomic mass is 9.98. The highest BCUT2D eigenvalue weighted by atomic mass is 16.2. The van der Waals surface area contributed by atoms with E-state index >= 15 is 0 Å².